The fourth-order valence-corrected chi connectivity index (χ4v) is 1.11. The summed E-state index contributed by atoms with van der Waals surface area (Å²) in [6, 6.07) is 4.02. The van der Waals surface area contributed by atoms with Gasteiger partial charge in [-0.3, -0.25) is 4.79 Å². The molecule has 0 aliphatic rings. The second-order valence-electron chi connectivity index (χ2n) is 2.73. The van der Waals surface area contributed by atoms with Crippen LogP contribution in [-0.2, 0) is 4.79 Å². The van der Waals surface area contributed by atoms with E-state index >= 15 is 0 Å². The van der Waals surface area contributed by atoms with Crippen LogP contribution in [0.4, 0.5) is 10.1 Å². The maximum absolute atomic E-state index is 12.7. The van der Waals surface area contributed by atoms with Crippen LogP contribution >= 0.6 is 27.5 Å². The second kappa shape index (κ2) is 4.75. The molecule has 1 rings (SSSR count). The van der Waals surface area contributed by atoms with E-state index in [1.165, 1.54) is 18.2 Å². The van der Waals surface area contributed by atoms with E-state index < -0.39 is 5.82 Å². The quantitative estimate of drug-likeness (QED) is 0.828. The van der Waals surface area contributed by atoms with Crippen LogP contribution in [0.25, 0.3) is 0 Å². The standard InChI is InChI=1S/C9H8BrClFNO/c1-5(10)9(14)13-6-2-3-8(12)7(11)4-6/h2-5H,1H3,(H,13,14)/t5-/m1/s1. The van der Waals surface area contributed by atoms with Crippen LogP contribution in [0.2, 0.25) is 5.02 Å². The zero-order valence-corrected chi connectivity index (χ0v) is 9.69. The molecule has 1 aromatic carbocycles. The van der Waals surface area contributed by atoms with Gasteiger partial charge in [0.15, 0.2) is 0 Å². The van der Waals surface area contributed by atoms with Gasteiger partial charge in [-0.05, 0) is 25.1 Å². The van der Waals surface area contributed by atoms with E-state index in [9.17, 15) is 9.18 Å². The lowest BCUT2D eigenvalue weighted by Crippen LogP contribution is -2.19. The van der Waals surface area contributed by atoms with E-state index in [2.05, 4.69) is 21.2 Å². The Labute approximate surface area is 94.6 Å². The lowest BCUT2D eigenvalue weighted by atomic mass is 10.3. The first-order chi connectivity index (χ1) is 6.50. The van der Waals surface area contributed by atoms with Crippen LogP contribution < -0.4 is 5.32 Å². The predicted octanol–water partition coefficient (Wildman–Crippen LogP) is 3.20. The van der Waals surface area contributed by atoms with Crippen molar-refractivity contribution in [3.05, 3.63) is 29.0 Å². The Kier molecular flexibility index (Phi) is 3.89. The molecule has 0 unspecified atom stereocenters. The summed E-state index contributed by atoms with van der Waals surface area (Å²) in [7, 11) is 0. The fourth-order valence-electron chi connectivity index (χ4n) is 0.816. The molecule has 0 saturated heterocycles. The van der Waals surface area contributed by atoms with Crippen molar-refractivity contribution in [1.82, 2.24) is 0 Å². The van der Waals surface area contributed by atoms with Crippen LogP contribution in [0, 0.1) is 5.82 Å². The van der Waals surface area contributed by atoms with Crippen molar-refractivity contribution in [1.29, 1.82) is 0 Å². The first-order valence-corrected chi connectivity index (χ1v) is 5.20. The highest BCUT2D eigenvalue weighted by atomic mass is 79.9. The Morgan fingerprint density at radius 3 is 2.79 bits per heavy atom. The molecule has 0 saturated carbocycles. The van der Waals surface area contributed by atoms with E-state index in [1.807, 2.05) is 0 Å². The second-order valence-corrected chi connectivity index (χ2v) is 4.51. The maximum atomic E-state index is 12.7. The molecule has 1 atom stereocenters. The summed E-state index contributed by atoms with van der Waals surface area (Å²) in [6.07, 6.45) is 0. The van der Waals surface area contributed by atoms with Gasteiger partial charge in [0, 0.05) is 5.69 Å². The molecule has 76 valence electrons. The highest BCUT2D eigenvalue weighted by Crippen LogP contribution is 2.19. The summed E-state index contributed by atoms with van der Waals surface area (Å²) in [6.45, 7) is 1.69. The Morgan fingerprint density at radius 1 is 1.64 bits per heavy atom. The van der Waals surface area contributed by atoms with Crippen molar-refractivity contribution in [3.63, 3.8) is 0 Å². The molecule has 0 fully saturated rings. The minimum atomic E-state index is -0.503. The summed E-state index contributed by atoms with van der Waals surface area (Å²) < 4.78 is 12.7. The fraction of sp³-hybridized carbons (Fsp3) is 0.222. The normalized spacial score (nSPS) is 12.3. The smallest absolute Gasteiger partial charge is 0.237 e. The number of carbonyl (C=O) groups is 1. The molecule has 2 nitrogen and oxygen atoms in total. The third-order valence-electron chi connectivity index (χ3n) is 1.55. The highest BCUT2D eigenvalue weighted by molar-refractivity contribution is 9.10. The minimum Gasteiger partial charge on any atom is -0.325 e. The third-order valence-corrected chi connectivity index (χ3v) is 2.25. The minimum absolute atomic E-state index is 0.00924. The zero-order chi connectivity index (χ0) is 10.7. The van der Waals surface area contributed by atoms with Gasteiger partial charge in [0.1, 0.15) is 5.82 Å². The van der Waals surface area contributed by atoms with Crippen molar-refractivity contribution < 1.29 is 9.18 Å². The number of hydrogen-bond acceptors (Lipinski definition) is 1. The van der Waals surface area contributed by atoms with Gasteiger partial charge in [0.05, 0.1) is 9.85 Å². The van der Waals surface area contributed by atoms with Gasteiger partial charge in [-0.2, -0.15) is 0 Å². The molecular weight excluding hydrogens is 272 g/mol. The molecular formula is C9H8BrClFNO. The van der Waals surface area contributed by atoms with E-state index in [4.69, 9.17) is 11.6 Å². The monoisotopic (exact) mass is 279 g/mol. The third kappa shape index (κ3) is 2.96. The Hall–Kier alpha value is -0.610. The van der Waals surface area contributed by atoms with Crippen LogP contribution in [0.3, 0.4) is 0 Å². The average Bonchev–Trinajstić information content (AvgIpc) is 2.11. The number of anilines is 1. The molecule has 0 aromatic heterocycles. The molecule has 5 heteroatoms. The van der Waals surface area contributed by atoms with E-state index in [1.54, 1.807) is 6.92 Å². The SMILES string of the molecule is C[C@@H](Br)C(=O)Nc1ccc(F)c(Cl)c1. The van der Waals surface area contributed by atoms with Gasteiger partial charge < -0.3 is 5.32 Å². The molecule has 14 heavy (non-hydrogen) atoms. The molecule has 1 N–H and O–H groups in total. The van der Waals surface area contributed by atoms with E-state index in [0.717, 1.165) is 0 Å². The van der Waals surface area contributed by atoms with Gasteiger partial charge in [0.2, 0.25) is 5.91 Å². The average molecular weight is 281 g/mol. The van der Waals surface area contributed by atoms with Gasteiger partial charge in [-0.15, -0.1) is 0 Å². The highest BCUT2D eigenvalue weighted by Gasteiger charge is 2.09. The molecule has 0 spiro atoms. The Bertz CT molecular complexity index is 357. The molecule has 1 amide bonds. The Balaban J connectivity index is 2.78. The molecule has 0 aliphatic carbocycles. The van der Waals surface area contributed by atoms with Crippen molar-refractivity contribution in [2.24, 2.45) is 0 Å². The van der Waals surface area contributed by atoms with Crippen LogP contribution in [0.15, 0.2) is 18.2 Å². The van der Waals surface area contributed by atoms with Crippen molar-refractivity contribution in [3.8, 4) is 0 Å². The number of alkyl halides is 1. The number of benzene rings is 1. The topological polar surface area (TPSA) is 29.1 Å². The van der Waals surface area contributed by atoms with Gasteiger partial charge in [-0.1, -0.05) is 27.5 Å². The first kappa shape index (κ1) is 11.5. The summed E-state index contributed by atoms with van der Waals surface area (Å²) >= 11 is 8.65. The summed E-state index contributed by atoms with van der Waals surface area (Å²) in [5, 5.41) is 2.56. The van der Waals surface area contributed by atoms with Crippen LogP contribution in [-0.4, -0.2) is 10.7 Å². The summed E-state index contributed by atoms with van der Waals surface area (Å²) in [4.78, 5) is 10.9. The lowest BCUT2D eigenvalue weighted by molar-refractivity contribution is -0.115. The van der Waals surface area contributed by atoms with E-state index in [-0.39, 0.29) is 15.8 Å². The van der Waals surface area contributed by atoms with Crippen LogP contribution in [0.1, 0.15) is 6.92 Å². The Morgan fingerprint density at radius 2 is 2.29 bits per heavy atom. The molecule has 1 aromatic rings. The summed E-state index contributed by atoms with van der Waals surface area (Å²) in [5.74, 6) is -0.704. The number of halogens is 3. The van der Waals surface area contributed by atoms with Crippen molar-refractivity contribution in [2.75, 3.05) is 5.32 Å². The molecule has 0 aliphatic heterocycles. The zero-order valence-electron chi connectivity index (χ0n) is 7.35. The summed E-state index contributed by atoms with van der Waals surface area (Å²) in [5.41, 5.74) is 0.479. The van der Waals surface area contributed by atoms with Crippen molar-refractivity contribution in [2.45, 2.75) is 11.8 Å². The maximum Gasteiger partial charge on any atom is 0.237 e. The number of nitrogens with one attached hydrogen (secondary N) is 1. The molecule has 0 radical (unpaired) electrons. The molecule has 0 bridgehead atoms. The van der Waals surface area contributed by atoms with Gasteiger partial charge in [0.25, 0.3) is 0 Å². The largest absolute Gasteiger partial charge is 0.325 e. The van der Waals surface area contributed by atoms with Gasteiger partial charge in [-0.25, -0.2) is 4.39 Å². The number of carbonyl (C=O) groups excluding carboxylic acids is 1. The van der Waals surface area contributed by atoms with Gasteiger partial charge >= 0.3 is 0 Å². The predicted molar refractivity (Wildman–Crippen MR) is 58.4 cm³/mol. The van der Waals surface area contributed by atoms with Crippen LogP contribution in [0.5, 0.6) is 0 Å². The molecule has 0 heterocycles. The number of hydrogen-bond donors (Lipinski definition) is 1. The van der Waals surface area contributed by atoms with E-state index in [0.29, 0.717) is 5.69 Å². The first-order valence-electron chi connectivity index (χ1n) is 3.90. The number of amides is 1. The lowest BCUT2D eigenvalue weighted by Gasteiger charge is -2.06. The number of rotatable bonds is 2. The van der Waals surface area contributed by atoms with Crippen molar-refractivity contribution >= 4 is 39.1 Å².